The summed E-state index contributed by atoms with van der Waals surface area (Å²) in [6.45, 7) is 4.31. The maximum atomic E-state index is 12.9. The third kappa shape index (κ3) is 3.51. The Kier molecular flexibility index (Phi) is 5.11. The summed E-state index contributed by atoms with van der Waals surface area (Å²) < 4.78 is 2.73. The number of aryl methyl sites for hydroxylation is 1. The molecule has 0 bridgehead atoms. The number of rotatable bonds is 4. The Morgan fingerprint density at radius 3 is 2.10 bits per heavy atom. The predicted octanol–water partition coefficient (Wildman–Crippen LogP) is 0.322. The molecule has 2 aromatic heterocycles. The van der Waals surface area contributed by atoms with E-state index < -0.39 is 11.1 Å². The number of carbonyl (C=O) groups excluding carboxylic acids is 1. The summed E-state index contributed by atoms with van der Waals surface area (Å²) in [6.07, 6.45) is 3.38. The zero-order chi connectivity index (χ0) is 20.4. The summed E-state index contributed by atoms with van der Waals surface area (Å²) in [7, 11) is 0. The van der Waals surface area contributed by atoms with Crippen molar-refractivity contribution in [3.63, 3.8) is 0 Å². The summed E-state index contributed by atoms with van der Waals surface area (Å²) in [5.74, 6) is 0.463. The molecule has 1 fully saturated rings. The van der Waals surface area contributed by atoms with Gasteiger partial charge in [-0.1, -0.05) is 12.1 Å². The zero-order valence-corrected chi connectivity index (χ0v) is 16.2. The Bertz CT molecular complexity index is 1150. The SMILES string of the molecule is CCn1c(=O)c(=O)n(CC(=O)N2CCN(c3ncccn3)CC2)c2ccccc21. The molecule has 9 nitrogen and oxygen atoms in total. The van der Waals surface area contributed by atoms with E-state index in [9.17, 15) is 14.4 Å². The number of anilines is 1. The van der Waals surface area contributed by atoms with Crippen LogP contribution >= 0.6 is 0 Å². The lowest BCUT2D eigenvalue weighted by molar-refractivity contribution is -0.132. The molecular formula is C20H22N6O3. The number of hydrogen-bond acceptors (Lipinski definition) is 6. The van der Waals surface area contributed by atoms with E-state index in [-0.39, 0.29) is 12.5 Å². The van der Waals surface area contributed by atoms with Gasteiger partial charge >= 0.3 is 11.1 Å². The molecule has 0 radical (unpaired) electrons. The Morgan fingerprint density at radius 1 is 0.897 bits per heavy atom. The lowest BCUT2D eigenvalue weighted by Crippen LogP contribution is -2.51. The van der Waals surface area contributed by atoms with Crippen LogP contribution in [0.4, 0.5) is 5.95 Å². The second-order valence-corrected chi connectivity index (χ2v) is 6.85. The molecule has 3 aromatic rings. The predicted molar refractivity (Wildman–Crippen MR) is 109 cm³/mol. The van der Waals surface area contributed by atoms with Gasteiger partial charge in [0.05, 0.1) is 11.0 Å². The topological polar surface area (TPSA) is 93.3 Å². The first-order valence-corrected chi connectivity index (χ1v) is 9.62. The maximum Gasteiger partial charge on any atom is 0.317 e. The minimum Gasteiger partial charge on any atom is -0.338 e. The average Bonchev–Trinajstić information content (AvgIpc) is 2.78. The first kappa shape index (κ1) is 18.9. The van der Waals surface area contributed by atoms with Crippen LogP contribution in [0.15, 0.2) is 52.3 Å². The molecule has 0 unspecified atom stereocenters. The molecule has 0 aliphatic carbocycles. The highest BCUT2D eigenvalue weighted by molar-refractivity contribution is 5.80. The minimum atomic E-state index is -0.671. The van der Waals surface area contributed by atoms with Gasteiger partial charge in [0, 0.05) is 45.1 Å². The van der Waals surface area contributed by atoms with E-state index >= 15 is 0 Å². The summed E-state index contributed by atoms with van der Waals surface area (Å²) in [5.41, 5.74) is -0.0395. The second-order valence-electron chi connectivity index (χ2n) is 6.85. The largest absolute Gasteiger partial charge is 0.338 e. The molecule has 150 valence electrons. The van der Waals surface area contributed by atoms with E-state index in [1.54, 1.807) is 41.6 Å². The molecule has 0 atom stereocenters. The fourth-order valence-corrected chi connectivity index (χ4v) is 3.69. The standard InChI is InChI=1S/C20H22N6O3/c1-2-25-15-6-3-4-7-16(15)26(19(29)18(25)28)14-17(27)23-10-12-24(13-11-23)20-21-8-5-9-22-20/h3-9H,2,10-14H2,1H3. The number of aromatic nitrogens is 4. The van der Waals surface area contributed by atoms with E-state index in [0.29, 0.717) is 49.7 Å². The van der Waals surface area contributed by atoms with E-state index in [0.717, 1.165) is 0 Å². The van der Waals surface area contributed by atoms with Crippen molar-refractivity contribution < 1.29 is 4.79 Å². The molecule has 3 heterocycles. The molecule has 4 rings (SSSR count). The number of piperazine rings is 1. The van der Waals surface area contributed by atoms with E-state index in [2.05, 4.69) is 9.97 Å². The van der Waals surface area contributed by atoms with Gasteiger partial charge in [0.2, 0.25) is 11.9 Å². The fraction of sp³-hybridized carbons (Fsp3) is 0.350. The Morgan fingerprint density at radius 2 is 1.48 bits per heavy atom. The van der Waals surface area contributed by atoms with Gasteiger partial charge in [0.1, 0.15) is 6.54 Å². The van der Waals surface area contributed by atoms with Crippen LogP contribution in [-0.2, 0) is 17.9 Å². The lowest BCUT2D eigenvalue weighted by Gasteiger charge is -2.34. The highest BCUT2D eigenvalue weighted by Crippen LogP contribution is 2.13. The van der Waals surface area contributed by atoms with Gasteiger partial charge in [0.25, 0.3) is 0 Å². The molecule has 29 heavy (non-hydrogen) atoms. The molecule has 0 spiro atoms. The van der Waals surface area contributed by atoms with Crippen molar-refractivity contribution in [3.8, 4) is 0 Å². The van der Waals surface area contributed by atoms with Crippen LogP contribution in [0.25, 0.3) is 11.0 Å². The first-order chi connectivity index (χ1) is 14.1. The Labute approximate surface area is 166 Å². The maximum absolute atomic E-state index is 12.9. The highest BCUT2D eigenvalue weighted by Gasteiger charge is 2.24. The van der Waals surface area contributed by atoms with Gasteiger partial charge in [-0.05, 0) is 25.1 Å². The van der Waals surface area contributed by atoms with Crippen molar-refractivity contribution in [1.82, 2.24) is 24.0 Å². The van der Waals surface area contributed by atoms with Crippen molar-refractivity contribution >= 4 is 22.9 Å². The molecule has 1 saturated heterocycles. The van der Waals surface area contributed by atoms with Crippen molar-refractivity contribution in [2.24, 2.45) is 0 Å². The van der Waals surface area contributed by atoms with Gasteiger partial charge in [-0.2, -0.15) is 0 Å². The highest BCUT2D eigenvalue weighted by atomic mass is 16.2. The van der Waals surface area contributed by atoms with E-state index in [1.807, 2.05) is 17.9 Å². The van der Waals surface area contributed by atoms with E-state index in [4.69, 9.17) is 0 Å². The van der Waals surface area contributed by atoms with Crippen LogP contribution in [0, 0.1) is 0 Å². The average molecular weight is 394 g/mol. The third-order valence-corrected chi connectivity index (χ3v) is 5.21. The Hall–Kier alpha value is -3.49. The molecule has 1 amide bonds. The number of fused-ring (bicyclic) bond motifs is 1. The molecule has 1 aliphatic heterocycles. The first-order valence-electron chi connectivity index (χ1n) is 9.62. The van der Waals surface area contributed by atoms with Crippen molar-refractivity contribution in [3.05, 3.63) is 63.4 Å². The van der Waals surface area contributed by atoms with Crippen LogP contribution in [0.1, 0.15) is 6.92 Å². The van der Waals surface area contributed by atoms with Crippen LogP contribution in [0.2, 0.25) is 0 Å². The fourth-order valence-electron chi connectivity index (χ4n) is 3.69. The van der Waals surface area contributed by atoms with Gasteiger partial charge < -0.3 is 14.4 Å². The number of amides is 1. The van der Waals surface area contributed by atoms with Crippen LogP contribution < -0.4 is 16.0 Å². The second kappa shape index (κ2) is 7.86. The van der Waals surface area contributed by atoms with Gasteiger partial charge in [-0.3, -0.25) is 19.0 Å². The van der Waals surface area contributed by atoms with Crippen LogP contribution in [0.3, 0.4) is 0 Å². The molecule has 9 heteroatoms. The molecule has 1 aliphatic rings. The lowest BCUT2D eigenvalue weighted by atomic mass is 10.2. The van der Waals surface area contributed by atoms with Gasteiger partial charge in [-0.15, -0.1) is 0 Å². The Balaban J connectivity index is 1.55. The third-order valence-electron chi connectivity index (χ3n) is 5.21. The van der Waals surface area contributed by atoms with Crippen LogP contribution in [-0.4, -0.2) is 56.1 Å². The number of benzene rings is 1. The number of hydrogen-bond donors (Lipinski definition) is 0. The monoisotopic (exact) mass is 394 g/mol. The quantitative estimate of drug-likeness (QED) is 0.592. The molecule has 1 aromatic carbocycles. The summed E-state index contributed by atoms with van der Waals surface area (Å²) in [5, 5.41) is 0. The molecule has 0 saturated carbocycles. The van der Waals surface area contributed by atoms with Crippen molar-refractivity contribution in [2.75, 3.05) is 31.1 Å². The normalized spacial score (nSPS) is 14.4. The number of para-hydroxylation sites is 2. The molecular weight excluding hydrogens is 372 g/mol. The van der Waals surface area contributed by atoms with Crippen LogP contribution in [0.5, 0.6) is 0 Å². The smallest absolute Gasteiger partial charge is 0.317 e. The number of nitrogens with zero attached hydrogens (tertiary/aromatic N) is 6. The zero-order valence-electron chi connectivity index (χ0n) is 16.2. The van der Waals surface area contributed by atoms with E-state index in [1.165, 1.54) is 9.13 Å². The van der Waals surface area contributed by atoms with Gasteiger partial charge in [0.15, 0.2) is 0 Å². The van der Waals surface area contributed by atoms with Crippen molar-refractivity contribution in [1.29, 1.82) is 0 Å². The molecule has 0 N–H and O–H groups in total. The minimum absolute atomic E-state index is 0.152. The summed E-state index contributed by atoms with van der Waals surface area (Å²) >= 11 is 0. The summed E-state index contributed by atoms with van der Waals surface area (Å²) in [6, 6.07) is 8.93. The van der Waals surface area contributed by atoms with Gasteiger partial charge in [-0.25, -0.2) is 9.97 Å². The van der Waals surface area contributed by atoms with Crippen molar-refractivity contribution in [2.45, 2.75) is 20.0 Å². The number of carbonyl (C=O) groups is 1. The summed E-state index contributed by atoms with van der Waals surface area (Å²) in [4.78, 5) is 50.2.